The van der Waals surface area contributed by atoms with E-state index in [1.54, 1.807) is 0 Å². The fourth-order valence-electron chi connectivity index (χ4n) is 9.99. The van der Waals surface area contributed by atoms with Crippen LogP contribution in [0.1, 0.15) is 25.0 Å². The van der Waals surface area contributed by atoms with Crippen molar-refractivity contribution in [2.24, 2.45) is 0 Å². The van der Waals surface area contributed by atoms with Gasteiger partial charge in [0.2, 0.25) is 0 Å². The van der Waals surface area contributed by atoms with Crippen molar-refractivity contribution in [2.45, 2.75) is 19.3 Å². The SMILES string of the molecule is CC1(C)c2ccccc2-c2c1ccc1c2oc2c3ccccc3c(-c3ccc(-c4c5ccccc5c(-c5ccc6ccccc6c5)c5ccccc45)cc3)cc12. The molecule has 0 amide bonds. The highest BCUT2D eigenvalue weighted by Gasteiger charge is 2.37. The maximum atomic E-state index is 6.97. The Morgan fingerprint density at radius 1 is 0.321 bits per heavy atom. The van der Waals surface area contributed by atoms with E-state index in [9.17, 15) is 0 Å². The zero-order valence-electron chi connectivity index (χ0n) is 31.2. The molecule has 0 atom stereocenters. The van der Waals surface area contributed by atoms with Crippen LogP contribution in [0.4, 0.5) is 0 Å². The molecule has 0 radical (unpaired) electrons. The molecule has 262 valence electrons. The fourth-order valence-corrected chi connectivity index (χ4v) is 9.99. The van der Waals surface area contributed by atoms with Gasteiger partial charge in [0.1, 0.15) is 11.2 Å². The molecule has 0 saturated carbocycles. The predicted octanol–water partition coefficient (Wildman–Crippen LogP) is 15.5. The third-order valence-electron chi connectivity index (χ3n) is 12.6. The standard InChI is InChI=1S/C55H36O/c1-55(2)48-22-12-11-21-45(48)52-49(55)30-29-44-47-32-46(38-15-5-10-20-43(38)53(47)56-54(44)52)34-24-26-35(27-25-34)50-39-16-6-8-18-41(39)51(42-19-9-7-17-40(42)50)37-28-23-33-13-3-4-14-36(33)31-37/h3-32H,1-2H3. The van der Waals surface area contributed by atoms with Crippen molar-refractivity contribution in [3.63, 3.8) is 0 Å². The van der Waals surface area contributed by atoms with Crippen LogP contribution in [0.25, 0.3) is 110 Å². The molecular weight excluding hydrogens is 677 g/mol. The monoisotopic (exact) mass is 712 g/mol. The normalized spacial score (nSPS) is 13.3. The second-order valence-electron chi connectivity index (χ2n) is 16.0. The highest BCUT2D eigenvalue weighted by molar-refractivity contribution is 6.23. The third kappa shape index (κ3) is 4.31. The second-order valence-corrected chi connectivity index (χ2v) is 16.0. The molecule has 0 fully saturated rings. The molecule has 1 aliphatic rings. The van der Waals surface area contributed by atoms with Crippen LogP contribution >= 0.6 is 0 Å². The lowest BCUT2D eigenvalue weighted by Gasteiger charge is -2.21. The molecule has 1 nitrogen and oxygen atoms in total. The zero-order valence-corrected chi connectivity index (χ0v) is 31.2. The van der Waals surface area contributed by atoms with E-state index >= 15 is 0 Å². The number of hydrogen-bond acceptors (Lipinski definition) is 1. The van der Waals surface area contributed by atoms with Gasteiger partial charge in [-0.1, -0.05) is 184 Å². The Labute approximate surface area is 325 Å². The number of rotatable bonds is 3. The van der Waals surface area contributed by atoms with Crippen LogP contribution in [-0.2, 0) is 5.41 Å². The highest BCUT2D eigenvalue weighted by atomic mass is 16.3. The minimum atomic E-state index is -0.0819. The Morgan fingerprint density at radius 2 is 0.857 bits per heavy atom. The van der Waals surface area contributed by atoms with E-state index < -0.39 is 0 Å². The van der Waals surface area contributed by atoms with Crippen molar-refractivity contribution >= 4 is 65.0 Å². The van der Waals surface area contributed by atoms with E-state index in [1.807, 2.05) is 0 Å². The number of furan rings is 1. The summed E-state index contributed by atoms with van der Waals surface area (Å²) in [6, 6.07) is 67.1. The predicted molar refractivity (Wildman–Crippen MR) is 238 cm³/mol. The van der Waals surface area contributed by atoms with Crippen molar-refractivity contribution < 1.29 is 4.42 Å². The minimum absolute atomic E-state index is 0.0819. The molecule has 56 heavy (non-hydrogen) atoms. The first-order chi connectivity index (χ1) is 27.5. The molecule has 10 aromatic carbocycles. The molecule has 0 unspecified atom stereocenters. The average Bonchev–Trinajstić information content (AvgIpc) is 3.74. The summed E-state index contributed by atoms with van der Waals surface area (Å²) in [5, 5.41) is 12.2. The van der Waals surface area contributed by atoms with Crippen molar-refractivity contribution in [2.75, 3.05) is 0 Å². The van der Waals surface area contributed by atoms with Gasteiger partial charge < -0.3 is 4.42 Å². The third-order valence-corrected chi connectivity index (χ3v) is 12.6. The van der Waals surface area contributed by atoms with Crippen LogP contribution in [0.2, 0.25) is 0 Å². The first-order valence-corrected chi connectivity index (χ1v) is 19.6. The Balaban J connectivity index is 1.05. The van der Waals surface area contributed by atoms with E-state index in [-0.39, 0.29) is 5.41 Å². The quantitative estimate of drug-likeness (QED) is 0.166. The van der Waals surface area contributed by atoms with Crippen LogP contribution in [0, 0.1) is 0 Å². The molecule has 0 bridgehead atoms. The van der Waals surface area contributed by atoms with Crippen molar-refractivity contribution in [1.82, 2.24) is 0 Å². The summed E-state index contributed by atoms with van der Waals surface area (Å²) in [6.07, 6.45) is 0. The Kier molecular flexibility index (Phi) is 6.46. The summed E-state index contributed by atoms with van der Waals surface area (Å²) in [5.41, 5.74) is 14.5. The molecule has 0 N–H and O–H groups in total. The summed E-state index contributed by atoms with van der Waals surface area (Å²) in [4.78, 5) is 0. The summed E-state index contributed by atoms with van der Waals surface area (Å²) in [7, 11) is 0. The van der Waals surface area contributed by atoms with Gasteiger partial charge in [0.15, 0.2) is 0 Å². The van der Waals surface area contributed by atoms with Crippen molar-refractivity contribution in [3.8, 4) is 44.5 Å². The summed E-state index contributed by atoms with van der Waals surface area (Å²) in [6.45, 7) is 4.66. The first kappa shape index (κ1) is 31.4. The Morgan fingerprint density at radius 3 is 1.57 bits per heavy atom. The van der Waals surface area contributed by atoms with Crippen LogP contribution in [0.3, 0.4) is 0 Å². The van der Waals surface area contributed by atoms with Gasteiger partial charge in [0, 0.05) is 27.1 Å². The van der Waals surface area contributed by atoms with E-state index in [2.05, 4.69) is 196 Å². The summed E-state index contributed by atoms with van der Waals surface area (Å²) >= 11 is 0. The molecule has 1 heteroatoms. The molecule has 0 spiro atoms. The van der Waals surface area contributed by atoms with Crippen LogP contribution in [-0.4, -0.2) is 0 Å². The lowest BCUT2D eigenvalue weighted by Crippen LogP contribution is -2.14. The fraction of sp³-hybridized carbons (Fsp3) is 0.0545. The molecule has 11 aromatic rings. The smallest absolute Gasteiger partial charge is 0.143 e. The van der Waals surface area contributed by atoms with E-state index in [4.69, 9.17) is 4.42 Å². The van der Waals surface area contributed by atoms with E-state index in [0.29, 0.717) is 0 Å². The first-order valence-electron chi connectivity index (χ1n) is 19.6. The van der Waals surface area contributed by atoms with E-state index in [1.165, 1.54) is 98.7 Å². The van der Waals surface area contributed by atoms with Gasteiger partial charge in [-0.05, 0) is 99.9 Å². The topological polar surface area (TPSA) is 13.1 Å². The maximum absolute atomic E-state index is 6.97. The van der Waals surface area contributed by atoms with Gasteiger partial charge in [0.25, 0.3) is 0 Å². The Hall–Kier alpha value is -6.96. The van der Waals surface area contributed by atoms with Crippen LogP contribution in [0.15, 0.2) is 186 Å². The van der Waals surface area contributed by atoms with Gasteiger partial charge in [-0.2, -0.15) is 0 Å². The number of hydrogen-bond donors (Lipinski definition) is 0. The zero-order chi connectivity index (χ0) is 37.1. The summed E-state index contributed by atoms with van der Waals surface area (Å²) in [5.74, 6) is 0. The molecule has 0 saturated heterocycles. The number of benzene rings is 10. The second kappa shape index (κ2) is 11.5. The number of fused-ring (bicyclic) bond motifs is 12. The van der Waals surface area contributed by atoms with Gasteiger partial charge in [0.05, 0.1) is 0 Å². The average molecular weight is 713 g/mol. The molecular formula is C55H36O. The lowest BCUT2D eigenvalue weighted by atomic mass is 9.82. The van der Waals surface area contributed by atoms with Gasteiger partial charge >= 0.3 is 0 Å². The molecule has 1 aromatic heterocycles. The molecule has 12 rings (SSSR count). The molecule has 0 aliphatic heterocycles. The van der Waals surface area contributed by atoms with Crippen LogP contribution < -0.4 is 0 Å². The van der Waals surface area contributed by atoms with Crippen molar-refractivity contribution in [3.05, 3.63) is 193 Å². The lowest BCUT2D eigenvalue weighted by molar-refractivity contribution is 0.654. The highest BCUT2D eigenvalue weighted by Crippen LogP contribution is 2.53. The largest absolute Gasteiger partial charge is 0.455 e. The maximum Gasteiger partial charge on any atom is 0.143 e. The van der Waals surface area contributed by atoms with E-state index in [0.717, 1.165) is 21.9 Å². The minimum Gasteiger partial charge on any atom is -0.455 e. The van der Waals surface area contributed by atoms with Crippen LogP contribution in [0.5, 0.6) is 0 Å². The van der Waals surface area contributed by atoms with Gasteiger partial charge in [-0.25, -0.2) is 0 Å². The van der Waals surface area contributed by atoms with Gasteiger partial charge in [-0.15, -0.1) is 0 Å². The Bertz CT molecular complexity index is 3370. The molecule has 1 heterocycles. The van der Waals surface area contributed by atoms with Crippen molar-refractivity contribution in [1.29, 1.82) is 0 Å². The molecule has 1 aliphatic carbocycles. The summed E-state index contributed by atoms with van der Waals surface area (Å²) < 4.78 is 6.97. The van der Waals surface area contributed by atoms with Gasteiger partial charge in [-0.3, -0.25) is 0 Å².